The molecule has 0 amide bonds. The third-order valence-corrected chi connectivity index (χ3v) is 6.79. The van der Waals surface area contributed by atoms with E-state index in [-0.39, 0.29) is 11.3 Å². The van der Waals surface area contributed by atoms with Crippen LogP contribution >= 0.6 is 0 Å². The van der Waals surface area contributed by atoms with Crippen molar-refractivity contribution in [3.05, 3.63) is 52.9 Å². The van der Waals surface area contributed by atoms with Crippen LogP contribution in [-0.2, 0) is 21.2 Å². The van der Waals surface area contributed by atoms with Gasteiger partial charge in [0.25, 0.3) is 10.0 Å². The van der Waals surface area contributed by atoms with Gasteiger partial charge in [0.15, 0.2) is 0 Å². The van der Waals surface area contributed by atoms with Gasteiger partial charge in [-0.25, -0.2) is 0 Å². The van der Waals surface area contributed by atoms with Crippen molar-refractivity contribution in [3.8, 4) is 0 Å². The van der Waals surface area contributed by atoms with Crippen LogP contribution < -0.4 is 5.32 Å². The van der Waals surface area contributed by atoms with E-state index in [1.54, 1.807) is 24.3 Å². The lowest BCUT2D eigenvalue weighted by molar-refractivity contribution is -0.147. The lowest BCUT2D eigenvalue weighted by Crippen LogP contribution is -2.49. The molecule has 26 heavy (non-hydrogen) atoms. The van der Waals surface area contributed by atoms with Crippen LogP contribution in [0.3, 0.4) is 0 Å². The van der Waals surface area contributed by atoms with E-state index in [0.29, 0.717) is 30.8 Å². The summed E-state index contributed by atoms with van der Waals surface area (Å²) in [6.45, 7) is 2.84. The van der Waals surface area contributed by atoms with Gasteiger partial charge in [-0.15, -0.1) is 0 Å². The molecule has 1 fully saturated rings. The number of carbonyl (C=O) groups is 1. The van der Waals surface area contributed by atoms with Gasteiger partial charge in [-0.2, -0.15) is 17.6 Å². The summed E-state index contributed by atoms with van der Waals surface area (Å²) in [6.07, 6.45) is 3.98. The molecule has 0 spiro atoms. The molecule has 4 rings (SSSR count). The highest BCUT2D eigenvalue weighted by Crippen LogP contribution is 2.42. The zero-order chi connectivity index (χ0) is 18.5. The monoisotopic (exact) mass is 373 g/mol. The maximum Gasteiger partial charge on any atom is 0.315 e. The number of rotatable bonds is 3. The lowest BCUT2D eigenvalue weighted by atomic mass is 9.69. The number of aliphatic carboxylic acids is 1. The maximum absolute atomic E-state index is 13.0. The average Bonchev–Trinajstić information content (AvgIpc) is 3.02. The van der Waals surface area contributed by atoms with Gasteiger partial charge in [-0.3, -0.25) is 4.79 Å². The third kappa shape index (κ3) is 2.40. The standard InChI is InChI=1S/C18H19N3O4S/c1-12-3-2-4-15(7-12)26(24,25)21-16-8-14-5-6-19-11-18(14,17(22)23)9-13(16)10-20-21/h2-4,7-8,10,19H,5-6,9,11H2,1H3,(H,22,23). The number of nitrogens with zero attached hydrogens (tertiary/aromatic N) is 2. The van der Waals surface area contributed by atoms with Crippen LogP contribution in [0.2, 0.25) is 0 Å². The van der Waals surface area contributed by atoms with Crippen molar-refractivity contribution in [1.29, 1.82) is 0 Å². The Balaban J connectivity index is 1.85. The number of nitrogens with one attached hydrogen (secondary N) is 1. The molecule has 1 aromatic heterocycles. The van der Waals surface area contributed by atoms with E-state index in [9.17, 15) is 18.3 Å². The van der Waals surface area contributed by atoms with Gasteiger partial charge < -0.3 is 10.4 Å². The highest BCUT2D eigenvalue weighted by atomic mass is 32.2. The highest BCUT2D eigenvalue weighted by Gasteiger charge is 2.47. The molecule has 1 aliphatic heterocycles. The largest absolute Gasteiger partial charge is 0.481 e. The molecule has 7 nitrogen and oxygen atoms in total. The van der Waals surface area contributed by atoms with Gasteiger partial charge >= 0.3 is 5.97 Å². The number of carboxylic acids is 1. The molecule has 2 heterocycles. The van der Waals surface area contributed by atoms with Crippen molar-refractivity contribution in [2.75, 3.05) is 13.1 Å². The first-order valence-electron chi connectivity index (χ1n) is 8.39. The first-order chi connectivity index (χ1) is 12.3. The second-order valence-electron chi connectivity index (χ2n) is 6.88. The molecule has 1 atom stereocenters. The summed E-state index contributed by atoms with van der Waals surface area (Å²) in [6, 6.07) is 6.67. The number of fused-ring (bicyclic) bond motifs is 2. The van der Waals surface area contributed by atoms with E-state index in [2.05, 4.69) is 10.4 Å². The number of piperidine rings is 1. The summed E-state index contributed by atoms with van der Waals surface area (Å²) in [7, 11) is -3.84. The summed E-state index contributed by atoms with van der Waals surface area (Å²) < 4.78 is 27.1. The highest BCUT2D eigenvalue weighted by molar-refractivity contribution is 7.89. The fourth-order valence-corrected chi connectivity index (χ4v) is 5.15. The Morgan fingerprint density at radius 1 is 1.38 bits per heavy atom. The van der Waals surface area contributed by atoms with Gasteiger partial charge in [-0.05, 0) is 55.7 Å². The molecule has 0 bridgehead atoms. The minimum absolute atomic E-state index is 0.169. The van der Waals surface area contributed by atoms with E-state index in [4.69, 9.17) is 0 Å². The third-order valence-electron chi connectivity index (χ3n) is 5.19. The van der Waals surface area contributed by atoms with Crippen LogP contribution in [0.15, 0.2) is 40.9 Å². The fourth-order valence-electron chi connectivity index (χ4n) is 3.77. The predicted molar refractivity (Wildman–Crippen MR) is 95.2 cm³/mol. The topological polar surface area (TPSA) is 101 Å². The summed E-state index contributed by atoms with van der Waals surface area (Å²) in [5.74, 6) is -0.893. The van der Waals surface area contributed by atoms with E-state index >= 15 is 0 Å². The Labute approximate surface area is 151 Å². The van der Waals surface area contributed by atoms with Gasteiger partial charge in [-0.1, -0.05) is 12.1 Å². The molecule has 1 aliphatic carbocycles. The van der Waals surface area contributed by atoms with E-state index < -0.39 is 21.4 Å². The summed E-state index contributed by atoms with van der Waals surface area (Å²) in [5.41, 5.74) is 1.66. The molecule has 1 unspecified atom stereocenters. The minimum Gasteiger partial charge on any atom is -0.481 e. The van der Waals surface area contributed by atoms with Crippen LogP contribution in [-0.4, -0.2) is 41.8 Å². The van der Waals surface area contributed by atoms with E-state index in [1.165, 1.54) is 6.20 Å². The Morgan fingerprint density at radius 2 is 2.19 bits per heavy atom. The fraction of sp³-hybridized carbons (Fsp3) is 0.333. The predicted octanol–water partition coefficient (Wildman–Crippen LogP) is 1.43. The number of carboxylic acid groups (broad SMARTS) is 1. The van der Waals surface area contributed by atoms with Gasteiger partial charge in [0.05, 0.1) is 16.8 Å². The molecular formula is C18H19N3O4S. The number of aromatic nitrogens is 2. The Kier molecular flexibility index (Phi) is 3.78. The zero-order valence-corrected chi connectivity index (χ0v) is 15.1. The molecule has 8 heteroatoms. The molecule has 2 aliphatic rings. The van der Waals surface area contributed by atoms with Crippen LogP contribution in [0.4, 0.5) is 0 Å². The minimum atomic E-state index is -3.84. The first-order valence-corrected chi connectivity index (χ1v) is 9.83. The molecular weight excluding hydrogens is 354 g/mol. The second-order valence-corrected chi connectivity index (χ2v) is 8.65. The number of hydrogen-bond donors (Lipinski definition) is 2. The van der Waals surface area contributed by atoms with Crippen molar-refractivity contribution >= 4 is 22.1 Å². The van der Waals surface area contributed by atoms with E-state index in [0.717, 1.165) is 15.2 Å². The SMILES string of the molecule is Cc1cccc(S(=O)(=O)n2ncc3c2C=C2CCNCC2(C(=O)O)C3)c1. The summed E-state index contributed by atoms with van der Waals surface area (Å²) >= 11 is 0. The second kappa shape index (κ2) is 5.78. The van der Waals surface area contributed by atoms with Crippen LogP contribution in [0.25, 0.3) is 6.08 Å². The van der Waals surface area contributed by atoms with Crippen molar-refractivity contribution in [3.63, 3.8) is 0 Å². The smallest absolute Gasteiger partial charge is 0.315 e. The molecule has 0 saturated carbocycles. The Hall–Kier alpha value is -2.45. The number of aryl methyl sites for hydroxylation is 1. The number of benzene rings is 1. The van der Waals surface area contributed by atoms with Crippen LogP contribution in [0.5, 0.6) is 0 Å². The van der Waals surface area contributed by atoms with Crippen molar-refractivity contribution in [2.24, 2.45) is 5.41 Å². The Morgan fingerprint density at radius 3 is 2.92 bits per heavy atom. The maximum atomic E-state index is 13.0. The molecule has 1 aromatic carbocycles. The van der Waals surface area contributed by atoms with Crippen LogP contribution in [0, 0.1) is 12.3 Å². The molecule has 0 radical (unpaired) electrons. The molecule has 2 N–H and O–H groups in total. The normalized spacial score (nSPS) is 22.3. The number of hydrogen-bond acceptors (Lipinski definition) is 5. The molecule has 2 aromatic rings. The average molecular weight is 373 g/mol. The quantitative estimate of drug-likeness (QED) is 0.844. The van der Waals surface area contributed by atoms with Gasteiger partial charge in [0, 0.05) is 12.1 Å². The van der Waals surface area contributed by atoms with Crippen molar-refractivity contribution in [1.82, 2.24) is 14.5 Å². The van der Waals surface area contributed by atoms with Crippen molar-refractivity contribution < 1.29 is 18.3 Å². The van der Waals surface area contributed by atoms with E-state index in [1.807, 2.05) is 13.0 Å². The molecule has 136 valence electrons. The van der Waals surface area contributed by atoms with Crippen molar-refractivity contribution in [2.45, 2.75) is 24.7 Å². The zero-order valence-electron chi connectivity index (χ0n) is 14.3. The first kappa shape index (κ1) is 17.0. The summed E-state index contributed by atoms with van der Waals surface area (Å²) in [4.78, 5) is 12.1. The Bertz CT molecular complexity index is 1040. The molecule has 1 saturated heterocycles. The van der Waals surface area contributed by atoms with Gasteiger partial charge in [0.2, 0.25) is 0 Å². The van der Waals surface area contributed by atoms with Gasteiger partial charge in [0.1, 0.15) is 5.41 Å². The van der Waals surface area contributed by atoms with Crippen LogP contribution in [0.1, 0.15) is 23.2 Å². The summed E-state index contributed by atoms with van der Waals surface area (Å²) in [5, 5.41) is 17.0. The lowest BCUT2D eigenvalue weighted by Gasteiger charge is -2.38.